The van der Waals surface area contributed by atoms with E-state index in [1.165, 1.54) is 0 Å². The average Bonchev–Trinajstić information content (AvgIpc) is 3.44. The number of nitrogens with zero attached hydrogens (tertiary/aromatic N) is 3. The van der Waals surface area contributed by atoms with Gasteiger partial charge in [-0.1, -0.05) is 0 Å². The van der Waals surface area contributed by atoms with Gasteiger partial charge in [-0.15, -0.1) is 0 Å². The van der Waals surface area contributed by atoms with Crippen LogP contribution < -0.4 is 9.62 Å². The van der Waals surface area contributed by atoms with Crippen LogP contribution in [0.3, 0.4) is 0 Å². The molecule has 2 aliphatic heterocycles. The standard InChI is InChI=1S/C20H20N4O4S/c25-19-2-1-14-9-18(10-15-3-6-24(19)20(14)15)29(26,27)22-5-7-23-12-17(11-21-23)16-4-8-28-13-16/h4,8-13,22H,1-3,5-7H2. The molecule has 29 heavy (non-hydrogen) atoms. The molecule has 0 atom stereocenters. The van der Waals surface area contributed by atoms with E-state index in [-0.39, 0.29) is 17.3 Å². The van der Waals surface area contributed by atoms with Gasteiger partial charge >= 0.3 is 0 Å². The molecule has 0 aliphatic carbocycles. The molecule has 1 amide bonds. The maximum absolute atomic E-state index is 12.8. The number of rotatable bonds is 6. The first-order valence-corrected chi connectivity index (χ1v) is 11.0. The van der Waals surface area contributed by atoms with Crippen molar-refractivity contribution < 1.29 is 17.6 Å². The number of benzene rings is 1. The Balaban J connectivity index is 1.29. The fourth-order valence-corrected chi connectivity index (χ4v) is 5.14. The van der Waals surface area contributed by atoms with Crippen molar-refractivity contribution in [1.29, 1.82) is 0 Å². The summed E-state index contributed by atoms with van der Waals surface area (Å²) >= 11 is 0. The summed E-state index contributed by atoms with van der Waals surface area (Å²) in [5.41, 5.74) is 4.64. The van der Waals surface area contributed by atoms with E-state index in [1.54, 1.807) is 40.4 Å². The minimum Gasteiger partial charge on any atom is -0.472 e. The van der Waals surface area contributed by atoms with Crippen LogP contribution in [0.15, 0.2) is 52.4 Å². The van der Waals surface area contributed by atoms with Crippen LogP contribution in [0.5, 0.6) is 0 Å². The maximum atomic E-state index is 12.8. The first-order valence-electron chi connectivity index (χ1n) is 9.52. The monoisotopic (exact) mass is 412 g/mol. The fourth-order valence-electron chi connectivity index (χ4n) is 4.02. The molecular formula is C20H20N4O4S. The Hall–Kier alpha value is -2.91. The highest BCUT2D eigenvalue weighted by atomic mass is 32.2. The van der Waals surface area contributed by atoms with Crippen LogP contribution in [-0.4, -0.2) is 37.2 Å². The van der Waals surface area contributed by atoms with E-state index in [0.717, 1.165) is 27.9 Å². The third-order valence-electron chi connectivity index (χ3n) is 5.46. The molecule has 2 aliphatic rings. The number of amides is 1. The number of hydrogen-bond donors (Lipinski definition) is 1. The maximum Gasteiger partial charge on any atom is 0.240 e. The lowest BCUT2D eigenvalue weighted by Crippen LogP contribution is -2.33. The van der Waals surface area contributed by atoms with Gasteiger partial charge in [0.25, 0.3) is 0 Å². The second-order valence-electron chi connectivity index (χ2n) is 7.29. The molecular weight excluding hydrogens is 392 g/mol. The SMILES string of the molecule is O=C1CCc2cc(S(=O)(=O)NCCn3cc(-c4ccoc4)cn3)cc3c2N1CC3. The number of anilines is 1. The molecule has 9 heteroatoms. The summed E-state index contributed by atoms with van der Waals surface area (Å²) in [6, 6.07) is 5.25. The minimum atomic E-state index is -3.64. The number of hydrogen-bond acceptors (Lipinski definition) is 5. The van der Waals surface area contributed by atoms with Crippen LogP contribution in [0.4, 0.5) is 5.69 Å². The molecule has 3 aromatic rings. The van der Waals surface area contributed by atoms with Crippen molar-refractivity contribution >= 4 is 21.6 Å². The van der Waals surface area contributed by atoms with Gasteiger partial charge in [-0.25, -0.2) is 13.1 Å². The highest BCUT2D eigenvalue weighted by Crippen LogP contribution is 2.38. The third-order valence-corrected chi connectivity index (χ3v) is 6.90. The van der Waals surface area contributed by atoms with Crippen molar-refractivity contribution in [3.63, 3.8) is 0 Å². The first-order chi connectivity index (χ1) is 14.0. The number of carbonyl (C=O) groups excluding carboxylic acids is 1. The highest BCUT2D eigenvalue weighted by molar-refractivity contribution is 7.89. The number of sulfonamides is 1. The van der Waals surface area contributed by atoms with Crippen LogP contribution in [0, 0.1) is 0 Å². The van der Waals surface area contributed by atoms with Gasteiger partial charge < -0.3 is 9.32 Å². The zero-order valence-corrected chi connectivity index (χ0v) is 16.5. The Kier molecular flexibility index (Phi) is 4.29. The predicted molar refractivity (Wildman–Crippen MR) is 106 cm³/mol. The summed E-state index contributed by atoms with van der Waals surface area (Å²) in [7, 11) is -3.64. The van der Waals surface area contributed by atoms with Gasteiger partial charge in [-0.2, -0.15) is 5.10 Å². The Morgan fingerprint density at radius 3 is 2.76 bits per heavy atom. The van der Waals surface area contributed by atoms with Crippen molar-refractivity contribution in [1.82, 2.24) is 14.5 Å². The lowest BCUT2D eigenvalue weighted by Gasteiger charge is -2.25. The van der Waals surface area contributed by atoms with Crippen molar-refractivity contribution in [3.05, 3.63) is 54.2 Å². The van der Waals surface area contributed by atoms with Crippen molar-refractivity contribution in [2.45, 2.75) is 30.7 Å². The lowest BCUT2D eigenvalue weighted by molar-refractivity contribution is -0.118. The Morgan fingerprint density at radius 2 is 1.97 bits per heavy atom. The van der Waals surface area contributed by atoms with E-state index in [4.69, 9.17) is 4.42 Å². The molecule has 1 N–H and O–H groups in total. The molecule has 4 heterocycles. The molecule has 0 unspecified atom stereocenters. The fraction of sp³-hybridized carbons (Fsp3) is 0.300. The van der Waals surface area contributed by atoms with E-state index in [0.29, 0.717) is 32.4 Å². The highest BCUT2D eigenvalue weighted by Gasteiger charge is 2.32. The molecule has 0 fully saturated rings. The minimum absolute atomic E-state index is 0.124. The van der Waals surface area contributed by atoms with Gasteiger partial charge in [-0.3, -0.25) is 9.48 Å². The second kappa shape index (κ2) is 6.85. The number of nitrogens with one attached hydrogen (secondary N) is 1. The third kappa shape index (κ3) is 3.26. The summed E-state index contributed by atoms with van der Waals surface area (Å²) in [5, 5.41) is 4.26. The van der Waals surface area contributed by atoms with Crippen LogP contribution >= 0.6 is 0 Å². The summed E-state index contributed by atoms with van der Waals surface area (Å²) in [6.45, 7) is 1.28. The quantitative estimate of drug-likeness (QED) is 0.667. The van der Waals surface area contributed by atoms with Gasteiger partial charge in [0.05, 0.1) is 35.9 Å². The predicted octanol–water partition coefficient (Wildman–Crippen LogP) is 1.96. The zero-order chi connectivity index (χ0) is 20.0. The van der Waals surface area contributed by atoms with Crippen molar-refractivity contribution in [2.75, 3.05) is 18.0 Å². The molecule has 150 valence electrons. The molecule has 5 rings (SSSR count). The molecule has 0 radical (unpaired) electrons. The van der Waals surface area contributed by atoms with Gasteiger partial charge in [0, 0.05) is 36.8 Å². The first kappa shape index (κ1) is 18.1. The second-order valence-corrected chi connectivity index (χ2v) is 9.05. The summed E-state index contributed by atoms with van der Waals surface area (Å²) in [4.78, 5) is 14.1. The molecule has 0 saturated heterocycles. The van der Waals surface area contributed by atoms with Crippen molar-refractivity contribution in [2.24, 2.45) is 0 Å². The van der Waals surface area contributed by atoms with Crippen LogP contribution in [0.25, 0.3) is 11.1 Å². The van der Waals surface area contributed by atoms with Gasteiger partial charge in [0.15, 0.2) is 0 Å². The Morgan fingerprint density at radius 1 is 1.14 bits per heavy atom. The summed E-state index contributed by atoms with van der Waals surface area (Å²) in [6.07, 6.45) is 8.52. The van der Waals surface area contributed by atoms with E-state index in [9.17, 15) is 13.2 Å². The summed E-state index contributed by atoms with van der Waals surface area (Å²) < 4.78 is 35.1. The molecule has 2 aromatic heterocycles. The van der Waals surface area contributed by atoms with Crippen LogP contribution in [0.2, 0.25) is 0 Å². The average molecular weight is 412 g/mol. The molecule has 0 saturated carbocycles. The summed E-state index contributed by atoms with van der Waals surface area (Å²) in [5.74, 6) is 0.124. The topological polar surface area (TPSA) is 97.4 Å². The van der Waals surface area contributed by atoms with E-state index < -0.39 is 10.0 Å². The zero-order valence-electron chi connectivity index (χ0n) is 15.7. The van der Waals surface area contributed by atoms with E-state index >= 15 is 0 Å². The van der Waals surface area contributed by atoms with Crippen molar-refractivity contribution in [3.8, 4) is 11.1 Å². The van der Waals surface area contributed by atoms with Crippen LogP contribution in [-0.2, 0) is 34.2 Å². The smallest absolute Gasteiger partial charge is 0.240 e. The molecule has 8 nitrogen and oxygen atoms in total. The van der Waals surface area contributed by atoms with Crippen LogP contribution in [0.1, 0.15) is 17.5 Å². The number of aromatic nitrogens is 2. The molecule has 1 aromatic carbocycles. The molecule has 0 bridgehead atoms. The van der Waals surface area contributed by atoms with Gasteiger partial charge in [-0.05, 0) is 42.2 Å². The molecule has 0 spiro atoms. The Bertz CT molecular complexity index is 1180. The number of carbonyl (C=O) groups is 1. The van der Waals surface area contributed by atoms with Gasteiger partial charge in [0.1, 0.15) is 0 Å². The van der Waals surface area contributed by atoms with E-state index in [2.05, 4.69) is 9.82 Å². The lowest BCUT2D eigenvalue weighted by atomic mass is 10.00. The van der Waals surface area contributed by atoms with E-state index in [1.807, 2.05) is 12.3 Å². The normalized spacial score (nSPS) is 15.7. The van der Waals surface area contributed by atoms with Gasteiger partial charge in [0.2, 0.25) is 15.9 Å². The Labute approximate surface area is 168 Å². The largest absolute Gasteiger partial charge is 0.472 e. The number of aryl methyl sites for hydroxylation is 1. The number of furan rings is 1.